The second-order valence-corrected chi connectivity index (χ2v) is 10.3. The van der Waals surface area contributed by atoms with Crippen molar-refractivity contribution in [2.75, 3.05) is 13.2 Å². The second-order valence-electron chi connectivity index (χ2n) is 10.3. The number of fused-ring (bicyclic) bond motifs is 5. The summed E-state index contributed by atoms with van der Waals surface area (Å²) >= 11 is 0. The van der Waals surface area contributed by atoms with Crippen LogP contribution in [0.25, 0.3) is 0 Å². The van der Waals surface area contributed by atoms with Crippen molar-refractivity contribution in [3.8, 4) is 0 Å². The summed E-state index contributed by atoms with van der Waals surface area (Å²) < 4.78 is 5.24. The van der Waals surface area contributed by atoms with Gasteiger partial charge in [-0.25, -0.2) is 0 Å². The van der Waals surface area contributed by atoms with Gasteiger partial charge in [0.15, 0.2) is 0 Å². The number of aliphatic hydroxyl groups is 5. The SMILES string of the molecule is CCOC(=O)[C@H]1CC[C@@]2(O)[C@@H]3CC[C@@]4(O)CC(=O)C[C@@H](O)[C@]4(CO)[C@H]3[C@H](O)C[C@]12C. The molecular formula is C22H34O8. The third-order valence-electron chi connectivity index (χ3n) is 9.33. The summed E-state index contributed by atoms with van der Waals surface area (Å²) in [5.41, 5.74) is -5.36. The van der Waals surface area contributed by atoms with Gasteiger partial charge in [0, 0.05) is 24.2 Å². The van der Waals surface area contributed by atoms with Gasteiger partial charge in [0.1, 0.15) is 5.78 Å². The van der Waals surface area contributed by atoms with Gasteiger partial charge in [0.25, 0.3) is 0 Å². The minimum Gasteiger partial charge on any atom is -0.466 e. The van der Waals surface area contributed by atoms with Crippen molar-refractivity contribution in [3.05, 3.63) is 0 Å². The predicted molar refractivity (Wildman–Crippen MR) is 104 cm³/mol. The van der Waals surface area contributed by atoms with Crippen LogP contribution < -0.4 is 0 Å². The zero-order chi connectivity index (χ0) is 22.1. The summed E-state index contributed by atoms with van der Waals surface area (Å²) in [6.45, 7) is 3.18. The van der Waals surface area contributed by atoms with Crippen molar-refractivity contribution in [1.82, 2.24) is 0 Å². The van der Waals surface area contributed by atoms with Crippen LogP contribution in [0.3, 0.4) is 0 Å². The first-order chi connectivity index (χ1) is 14.0. The summed E-state index contributed by atoms with van der Waals surface area (Å²) in [4.78, 5) is 24.8. The van der Waals surface area contributed by atoms with Crippen LogP contribution in [0.1, 0.15) is 58.8 Å². The highest BCUT2D eigenvalue weighted by Crippen LogP contribution is 2.69. The van der Waals surface area contributed by atoms with Crippen LogP contribution in [0.4, 0.5) is 0 Å². The molecule has 0 aromatic rings. The van der Waals surface area contributed by atoms with Gasteiger partial charge in [-0.2, -0.15) is 0 Å². The normalized spacial score (nSPS) is 52.9. The van der Waals surface area contributed by atoms with Crippen LogP contribution >= 0.6 is 0 Å². The van der Waals surface area contributed by atoms with E-state index in [0.717, 1.165) is 0 Å². The first kappa shape index (κ1) is 22.1. The standard InChI is InChI=1S/C22H34O8/c1-3-30-18(27)14-5-7-22(29)13-4-6-20(28)9-12(24)8-16(26)21(20,11-23)17(13)15(25)10-19(14,22)2/h13-17,23,25-26,28-29H,3-11H2,1-2H3/t13-,14-,15-,16-,17-,19-,20-,21-,22-/m1/s1. The topological polar surface area (TPSA) is 145 Å². The van der Waals surface area contributed by atoms with Crippen molar-refractivity contribution in [3.63, 3.8) is 0 Å². The first-order valence-corrected chi connectivity index (χ1v) is 11.1. The lowest BCUT2D eigenvalue weighted by atomic mass is 9.40. The fraction of sp³-hybridized carbons (Fsp3) is 0.909. The number of ether oxygens (including phenoxy) is 1. The Labute approximate surface area is 176 Å². The van der Waals surface area contributed by atoms with E-state index in [1.54, 1.807) is 6.92 Å². The number of carbonyl (C=O) groups excluding carboxylic acids is 2. The maximum atomic E-state index is 12.6. The molecule has 0 aromatic heterocycles. The van der Waals surface area contributed by atoms with Gasteiger partial charge < -0.3 is 30.3 Å². The predicted octanol–water partition coefficient (Wildman–Crippen LogP) is -0.0787. The number of hydrogen-bond acceptors (Lipinski definition) is 8. The van der Waals surface area contributed by atoms with Crippen molar-refractivity contribution in [1.29, 1.82) is 0 Å². The molecule has 4 aliphatic rings. The molecule has 4 rings (SSSR count). The quantitative estimate of drug-likeness (QED) is 0.394. The molecule has 0 aliphatic heterocycles. The Morgan fingerprint density at radius 2 is 1.90 bits per heavy atom. The van der Waals surface area contributed by atoms with Gasteiger partial charge in [-0.3, -0.25) is 9.59 Å². The van der Waals surface area contributed by atoms with E-state index in [-0.39, 0.29) is 44.0 Å². The number of hydrogen-bond donors (Lipinski definition) is 5. The molecule has 0 aromatic carbocycles. The molecule has 0 unspecified atom stereocenters. The van der Waals surface area contributed by atoms with Gasteiger partial charge in [0.2, 0.25) is 0 Å². The summed E-state index contributed by atoms with van der Waals surface area (Å²) in [7, 11) is 0. The Morgan fingerprint density at radius 3 is 2.53 bits per heavy atom. The smallest absolute Gasteiger partial charge is 0.309 e. The minimum atomic E-state index is -1.64. The molecule has 0 heterocycles. The number of rotatable bonds is 3. The van der Waals surface area contributed by atoms with E-state index in [4.69, 9.17) is 4.74 Å². The first-order valence-electron chi connectivity index (χ1n) is 11.1. The molecule has 4 aliphatic carbocycles. The highest BCUT2D eigenvalue weighted by Gasteiger charge is 2.75. The van der Waals surface area contributed by atoms with Crippen LogP contribution in [-0.2, 0) is 14.3 Å². The molecule has 4 saturated carbocycles. The Morgan fingerprint density at radius 1 is 1.20 bits per heavy atom. The number of ketones is 1. The van der Waals surface area contributed by atoms with E-state index in [2.05, 4.69) is 0 Å². The molecule has 0 amide bonds. The third-order valence-corrected chi connectivity index (χ3v) is 9.33. The maximum absolute atomic E-state index is 12.6. The monoisotopic (exact) mass is 426 g/mol. The van der Waals surface area contributed by atoms with E-state index in [0.29, 0.717) is 19.3 Å². The number of Topliss-reactive ketones (excluding diaryl/α,β-unsaturated/α-hetero) is 1. The van der Waals surface area contributed by atoms with Gasteiger partial charge in [0.05, 0.1) is 48.0 Å². The van der Waals surface area contributed by atoms with E-state index in [1.165, 1.54) is 0 Å². The van der Waals surface area contributed by atoms with Crippen molar-refractivity contribution in [2.24, 2.45) is 28.6 Å². The van der Waals surface area contributed by atoms with E-state index in [1.807, 2.05) is 6.92 Å². The Hall–Kier alpha value is -1.06. The molecule has 8 heteroatoms. The van der Waals surface area contributed by atoms with E-state index in [9.17, 15) is 35.1 Å². The molecule has 8 nitrogen and oxygen atoms in total. The highest BCUT2D eigenvalue weighted by atomic mass is 16.5. The molecule has 0 bridgehead atoms. The average molecular weight is 427 g/mol. The summed E-state index contributed by atoms with van der Waals surface area (Å²) in [5, 5.41) is 56.1. The van der Waals surface area contributed by atoms with Gasteiger partial charge in [-0.15, -0.1) is 0 Å². The molecule has 5 N–H and O–H groups in total. The van der Waals surface area contributed by atoms with Gasteiger partial charge in [-0.1, -0.05) is 6.92 Å². The van der Waals surface area contributed by atoms with Crippen LogP contribution in [-0.4, -0.2) is 73.9 Å². The van der Waals surface area contributed by atoms with Crippen molar-refractivity contribution >= 4 is 11.8 Å². The molecule has 30 heavy (non-hydrogen) atoms. The summed E-state index contributed by atoms with van der Waals surface area (Å²) in [6, 6.07) is 0. The van der Waals surface area contributed by atoms with Crippen molar-refractivity contribution < 1.29 is 39.9 Å². The fourth-order valence-corrected chi connectivity index (χ4v) is 7.94. The van der Waals surface area contributed by atoms with Crippen molar-refractivity contribution in [2.45, 2.75) is 82.2 Å². The number of esters is 1. The lowest BCUT2D eigenvalue weighted by Gasteiger charge is -2.67. The molecular weight excluding hydrogens is 392 g/mol. The summed E-state index contributed by atoms with van der Waals surface area (Å²) in [6.07, 6.45) is -1.42. The third kappa shape index (κ3) is 2.51. The molecule has 4 fully saturated rings. The van der Waals surface area contributed by atoms with E-state index >= 15 is 0 Å². The maximum Gasteiger partial charge on any atom is 0.309 e. The molecule has 170 valence electrons. The van der Waals surface area contributed by atoms with Crippen LogP contribution in [0.5, 0.6) is 0 Å². The van der Waals surface area contributed by atoms with Crippen LogP contribution in [0.15, 0.2) is 0 Å². The largest absolute Gasteiger partial charge is 0.466 e. The zero-order valence-corrected chi connectivity index (χ0v) is 17.7. The molecule has 0 saturated heterocycles. The lowest BCUT2D eigenvalue weighted by molar-refractivity contribution is -0.304. The highest BCUT2D eigenvalue weighted by molar-refractivity contribution is 5.81. The van der Waals surface area contributed by atoms with Crippen LogP contribution in [0, 0.1) is 28.6 Å². The van der Waals surface area contributed by atoms with Gasteiger partial charge >= 0.3 is 5.97 Å². The fourth-order valence-electron chi connectivity index (χ4n) is 7.94. The number of aliphatic hydroxyl groups excluding tert-OH is 3. The lowest BCUT2D eigenvalue weighted by Crippen LogP contribution is -2.75. The minimum absolute atomic E-state index is 0.0899. The zero-order valence-electron chi connectivity index (χ0n) is 17.7. The van der Waals surface area contributed by atoms with Crippen LogP contribution in [0.2, 0.25) is 0 Å². The average Bonchev–Trinajstić information content (AvgIpc) is 2.92. The Bertz CT molecular complexity index is 741. The number of carbonyl (C=O) groups is 2. The van der Waals surface area contributed by atoms with E-state index < -0.39 is 58.6 Å². The van der Waals surface area contributed by atoms with Gasteiger partial charge in [-0.05, 0) is 44.9 Å². The molecule has 9 atom stereocenters. The Balaban J connectivity index is 1.79. The Kier molecular flexibility index (Phi) is 5.14. The second kappa shape index (κ2) is 6.97. The molecule has 0 radical (unpaired) electrons. The molecule has 0 spiro atoms. The summed E-state index contributed by atoms with van der Waals surface area (Å²) in [5.74, 6) is -2.52.